The third-order valence-electron chi connectivity index (χ3n) is 3.88. The van der Waals surface area contributed by atoms with E-state index in [0.29, 0.717) is 5.57 Å². The van der Waals surface area contributed by atoms with Crippen molar-refractivity contribution in [1.82, 2.24) is 0 Å². The molecule has 1 atom stereocenters. The van der Waals surface area contributed by atoms with E-state index in [1.165, 1.54) is 10.8 Å². The molecule has 3 rings (SSSR count). The molecule has 0 amide bonds. The molecule has 1 unspecified atom stereocenters. The highest BCUT2D eigenvalue weighted by molar-refractivity contribution is 5.92. The minimum absolute atomic E-state index is 0.0253. The minimum atomic E-state index is -0.780. The zero-order valence-corrected chi connectivity index (χ0v) is 10.7. The monoisotopic (exact) mass is 252 g/mol. The maximum atomic E-state index is 11.4. The second-order valence-corrected chi connectivity index (χ2v) is 5.02. The van der Waals surface area contributed by atoms with Crippen LogP contribution in [0.5, 0.6) is 0 Å². The summed E-state index contributed by atoms with van der Waals surface area (Å²) in [5, 5.41) is 11.7. The molecular weight excluding hydrogens is 236 g/mol. The molecule has 2 nitrogen and oxygen atoms in total. The van der Waals surface area contributed by atoms with Crippen molar-refractivity contribution in [1.29, 1.82) is 0 Å². The number of hydrogen-bond donors (Lipinski definition) is 1. The van der Waals surface area contributed by atoms with E-state index < -0.39 is 5.97 Å². The summed E-state index contributed by atoms with van der Waals surface area (Å²) in [5.41, 5.74) is 1.70. The van der Waals surface area contributed by atoms with Crippen LogP contribution in [0.3, 0.4) is 0 Å². The quantitative estimate of drug-likeness (QED) is 0.873. The number of hydrogen-bond acceptors (Lipinski definition) is 1. The summed E-state index contributed by atoms with van der Waals surface area (Å²) >= 11 is 0. The third-order valence-corrected chi connectivity index (χ3v) is 3.88. The SMILES string of the molecule is O=C(O)C1=CCCCC1c1cccc2ccccc12. The topological polar surface area (TPSA) is 37.3 Å². The smallest absolute Gasteiger partial charge is 0.331 e. The van der Waals surface area contributed by atoms with E-state index in [4.69, 9.17) is 0 Å². The number of aliphatic carboxylic acids is 1. The Labute approximate surface area is 112 Å². The molecule has 0 heterocycles. The first-order valence-electron chi connectivity index (χ1n) is 6.68. The molecule has 0 saturated carbocycles. The Morgan fingerprint density at radius 2 is 1.89 bits per heavy atom. The Morgan fingerprint density at radius 1 is 1.11 bits per heavy atom. The maximum absolute atomic E-state index is 11.4. The van der Waals surface area contributed by atoms with Crippen LogP contribution in [-0.2, 0) is 4.79 Å². The molecule has 1 aliphatic carbocycles. The summed E-state index contributed by atoms with van der Waals surface area (Å²) < 4.78 is 0. The van der Waals surface area contributed by atoms with Crippen molar-refractivity contribution in [2.75, 3.05) is 0 Å². The number of benzene rings is 2. The predicted octanol–water partition coefficient (Wildman–Crippen LogP) is 4.12. The van der Waals surface area contributed by atoms with Gasteiger partial charge in [0, 0.05) is 11.5 Å². The van der Waals surface area contributed by atoms with E-state index in [1.54, 1.807) is 0 Å². The summed E-state index contributed by atoms with van der Waals surface area (Å²) in [6, 6.07) is 14.3. The summed E-state index contributed by atoms with van der Waals surface area (Å²) in [6.45, 7) is 0. The van der Waals surface area contributed by atoms with Crippen LogP contribution in [0, 0.1) is 0 Å². The van der Waals surface area contributed by atoms with Gasteiger partial charge in [-0.05, 0) is 35.6 Å². The zero-order valence-electron chi connectivity index (χ0n) is 10.7. The van der Waals surface area contributed by atoms with Crippen molar-refractivity contribution >= 4 is 16.7 Å². The van der Waals surface area contributed by atoms with E-state index in [0.717, 1.165) is 24.8 Å². The summed E-state index contributed by atoms with van der Waals surface area (Å²) in [6.07, 6.45) is 4.75. The van der Waals surface area contributed by atoms with Gasteiger partial charge in [0.15, 0.2) is 0 Å². The largest absolute Gasteiger partial charge is 0.478 e. The molecule has 1 aliphatic rings. The van der Waals surface area contributed by atoms with Gasteiger partial charge >= 0.3 is 5.97 Å². The van der Waals surface area contributed by atoms with Gasteiger partial charge in [-0.2, -0.15) is 0 Å². The third kappa shape index (κ3) is 2.14. The highest BCUT2D eigenvalue weighted by Gasteiger charge is 2.25. The van der Waals surface area contributed by atoms with E-state index in [2.05, 4.69) is 24.3 Å². The molecule has 0 aromatic heterocycles. The lowest BCUT2D eigenvalue weighted by molar-refractivity contribution is -0.133. The molecular formula is C17H16O2. The lowest BCUT2D eigenvalue weighted by Crippen LogP contribution is -2.14. The number of rotatable bonds is 2. The number of allylic oxidation sites excluding steroid dienone is 1. The molecule has 96 valence electrons. The van der Waals surface area contributed by atoms with Crippen LogP contribution in [0.4, 0.5) is 0 Å². The molecule has 0 radical (unpaired) electrons. The van der Waals surface area contributed by atoms with Gasteiger partial charge in [-0.3, -0.25) is 0 Å². The average Bonchev–Trinajstić information content (AvgIpc) is 2.46. The lowest BCUT2D eigenvalue weighted by Gasteiger charge is -2.23. The van der Waals surface area contributed by atoms with Gasteiger partial charge in [0.25, 0.3) is 0 Å². The van der Waals surface area contributed by atoms with Gasteiger partial charge in [0.1, 0.15) is 0 Å². The van der Waals surface area contributed by atoms with Crippen LogP contribution in [0.2, 0.25) is 0 Å². The minimum Gasteiger partial charge on any atom is -0.478 e. The van der Waals surface area contributed by atoms with Crippen molar-refractivity contribution in [2.24, 2.45) is 0 Å². The number of fused-ring (bicyclic) bond motifs is 1. The fourth-order valence-corrected chi connectivity index (χ4v) is 2.99. The first-order chi connectivity index (χ1) is 9.27. The molecule has 0 bridgehead atoms. The highest BCUT2D eigenvalue weighted by atomic mass is 16.4. The van der Waals surface area contributed by atoms with E-state index in [9.17, 15) is 9.90 Å². The normalized spacial score (nSPS) is 19.2. The van der Waals surface area contributed by atoms with Crippen molar-refractivity contribution < 1.29 is 9.90 Å². The van der Waals surface area contributed by atoms with Gasteiger partial charge in [0.05, 0.1) is 0 Å². The van der Waals surface area contributed by atoms with E-state index in [-0.39, 0.29) is 5.92 Å². The fourth-order valence-electron chi connectivity index (χ4n) is 2.99. The fraction of sp³-hybridized carbons (Fsp3) is 0.235. The number of carboxylic acid groups (broad SMARTS) is 1. The molecule has 0 saturated heterocycles. The van der Waals surface area contributed by atoms with Crippen LogP contribution in [-0.4, -0.2) is 11.1 Å². The lowest BCUT2D eigenvalue weighted by atomic mass is 9.80. The molecule has 0 fully saturated rings. The van der Waals surface area contributed by atoms with Crippen molar-refractivity contribution in [3.8, 4) is 0 Å². The Morgan fingerprint density at radius 3 is 2.74 bits per heavy atom. The van der Waals surface area contributed by atoms with Crippen molar-refractivity contribution in [2.45, 2.75) is 25.2 Å². The molecule has 2 heteroatoms. The standard InChI is InChI=1S/C17H16O2/c18-17(19)16-10-4-3-9-15(16)14-11-5-7-12-6-1-2-8-13(12)14/h1-2,5-8,10-11,15H,3-4,9H2,(H,18,19). The molecule has 0 aliphatic heterocycles. The zero-order chi connectivity index (χ0) is 13.2. The molecule has 2 aromatic rings. The van der Waals surface area contributed by atoms with Crippen LogP contribution in [0.15, 0.2) is 54.1 Å². The Bertz CT molecular complexity index is 650. The van der Waals surface area contributed by atoms with Gasteiger partial charge < -0.3 is 5.11 Å². The van der Waals surface area contributed by atoms with Crippen LogP contribution >= 0.6 is 0 Å². The first kappa shape index (κ1) is 12.0. The van der Waals surface area contributed by atoms with Gasteiger partial charge in [-0.25, -0.2) is 4.79 Å². The first-order valence-corrected chi connectivity index (χ1v) is 6.68. The summed E-state index contributed by atoms with van der Waals surface area (Å²) in [4.78, 5) is 11.4. The van der Waals surface area contributed by atoms with Crippen LogP contribution in [0.1, 0.15) is 30.7 Å². The number of carboxylic acids is 1. The predicted molar refractivity (Wildman–Crippen MR) is 76.3 cm³/mol. The average molecular weight is 252 g/mol. The van der Waals surface area contributed by atoms with Crippen molar-refractivity contribution in [3.05, 3.63) is 59.7 Å². The molecule has 2 aromatic carbocycles. The second-order valence-electron chi connectivity index (χ2n) is 5.02. The van der Waals surface area contributed by atoms with Gasteiger partial charge in [0.2, 0.25) is 0 Å². The Hall–Kier alpha value is -2.09. The van der Waals surface area contributed by atoms with Gasteiger partial charge in [-0.1, -0.05) is 48.5 Å². The van der Waals surface area contributed by atoms with Crippen LogP contribution in [0.25, 0.3) is 10.8 Å². The maximum Gasteiger partial charge on any atom is 0.331 e. The van der Waals surface area contributed by atoms with Gasteiger partial charge in [-0.15, -0.1) is 0 Å². The molecule has 0 spiro atoms. The van der Waals surface area contributed by atoms with Crippen molar-refractivity contribution in [3.63, 3.8) is 0 Å². The van der Waals surface area contributed by atoms with E-state index >= 15 is 0 Å². The van der Waals surface area contributed by atoms with Crippen LogP contribution < -0.4 is 0 Å². The Kier molecular flexibility index (Phi) is 3.08. The molecule has 1 N–H and O–H groups in total. The Balaban J connectivity index is 2.16. The van der Waals surface area contributed by atoms with E-state index in [1.807, 2.05) is 24.3 Å². The molecule has 19 heavy (non-hydrogen) atoms. The second kappa shape index (κ2) is 4.88. The number of carbonyl (C=O) groups is 1. The summed E-state index contributed by atoms with van der Waals surface area (Å²) in [5.74, 6) is -0.755. The highest BCUT2D eigenvalue weighted by Crippen LogP contribution is 2.37. The summed E-state index contributed by atoms with van der Waals surface area (Å²) in [7, 11) is 0.